The Morgan fingerprint density at radius 2 is 1.96 bits per heavy atom. The van der Waals surface area contributed by atoms with Crippen LogP contribution in [0.15, 0.2) is 24.3 Å². The quantitative estimate of drug-likeness (QED) is 0.898. The van der Waals surface area contributed by atoms with Gasteiger partial charge in [0.2, 0.25) is 0 Å². The van der Waals surface area contributed by atoms with Crippen LogP contribution in [0, 0.1) is 0 Å². The zero-order valence-corrected chi connectivity index (χ0v) is 16.4. The van der Waals surface area contributed by atoms with Gasteiger partial charge in [-0.2, -0.15) is 0 Å². The lowest BCUT2D eigenvalue weighted by Gasteiger charge is -2.31. The number of benzene rings is 1. The lowest BCUT2D eigenvalue weighted by Crippen LogP contribution is -2.44. The molecule has 2 fully saturated rings. The number of H-pyrrole nitrogens is 1. The van der Waals surface area contributed by atoms with Crippen LogP contribution in [0.3, 0.4) is 0 Å². The fourth-order valence-corrected chi connectivity index (χ4v) is 4.53. The lowest BCUT2D eigenvalue weighted by molar-refractivity contribution is 0.0215. The fraction of sp³-hybridized carbons (Fsp3) is 0.591. The van der Waals surface area contributed by atoms with Crippen LogP contribution in [0.25, 0.3) is 10.9 Å². The Balaban J connectivity index is 1.51. The van der Waals surface area contributed by atoms with Crippen molar-refractivity contribution in [3.63, 3.8) is 0 Å². The number of nitrogens with one attached hydrogen (secondary N) is 1. The van der Waals surface area contributed by atoms with Crippen LogP contribution < -0.4 is 0 Å². The van der Waals surface area contributed by atoms with Crippen molar-refractivity contribution >= 4 is 16.8 Å². The molecular formula is C22H31N3O2. The largest absolute Gasteiger partial charge is 0.375 e. The summed E-state index contributed by atoms with van der Waals surface area (Å²) in [6.45, 7) is 7.59. The topological polar surface area (TPSA) is 48.6 Å². The number of nitrogens with zero attached hydrogens (tertiary/aromatic N) is 2. The smallest absolute Gasteiger partial charge is 0.270 e. The molecule has 5 heteroatoms. The molecular weight excluding hydrogens is 338 g/mol. The molecule has 0 saturated carbocycles. The minimum absolute atomic E-state index is 0.115. The van der Waals surface area contributed by atoms with Gasteiger partial charge in [-0.25, -0.2) is 0 Å². The van der Waals surface area contributed by atoms with Gasteiger partial charge in [0.15, 0.2) is 0 Å². The summed E-state index contributed by atoms with van der Waals surface area (Å²) in [6, 6.07) is 8.21. The molecule has 4 rings (SSSR count). The molecule has 3 heterocycles. The third kappa shape index (κ3) is 4.04. The summed E-state index contributed by atoms with van der Waals surface area (Å²) in [7, 11) is 0. The first-order valence-electron chi connectivity index (χ1n) is 10.5. The van der Waals surface area contributed by atoms with Gasteiger partial charge in [0.05, 0.1) is 6.10 Å². The predicted octanol–water partition coefficient (Wildman–Crippen LogP) is 3.45. The highest BCUT2D eigenvalue weighted by Gasteiger charge is 2.28. The highest BCUT2D eigenvalue weighted by atomic mass is 16.5. The number of aromatic nitrogens is 1. The van der Waals surface area contributed by atoms with Gasteiger partial charge < -0.3 is 19.5 Å². The lowest BCUT2D eigenvalue weighted by atomic mass is 10.1. The summed E-state index contributed by atoms with van der Waals surface area (Å²) in [4.78, 5) is 21.3. The molecule has 146 valence electrons. The average Bonchev–Trinajstić information content (AvgIpc) is 2.92. The summed E-state index contributed by atoms with van der Waals surface area (Å²) in [6.07, 6.45) is 5.78. The summed E-state index contributed by atoms with van der Waals surface area (Å²) in [5, 5.41) is 1.17. The van der Waals surface area contributed by atoms with Crippen LogP contribution in [-0.4, -0.2) is 66.1 Å². The van der Waals surface area contributed by atoms with Gasteiger partial charge >= 0.3 is 0 Å². The van der Waals surface area contributed by atoms with Gasteiger partial charge in [0, 0.05) is 37.1 Å². The maximum absolute atomic E-state index is 13.4. The van der Waals surface area contributed by atoms with E-state index in [1.54, 1.807) is 0 Å². The Morgan fingerprint density at radius 3 is 2.78 bits per heavy atom. The van der Waals surface area contributed by atoms with Crippen LogP contribution in [0.2, 0.25) is 0 Å². The van der Waals surface area contributed by atoms with Gasteiger partial charge in [-0.3, -0.25) is 4.79 Å². The van der Waals surface area contributed by atoms with Crippen LogP contribution in [0.5, 0.6) is 0 Å². The van der Waals surface area contributed by atoms with Crippen LogP contribution in [0.1, 0.15) is 48.7 Å². The summed E-state index contributed by atoms with van der Waals surface area (Å²) in [5.74, 6) is 0.122. The molecule has 2 aromatic rings. The molecule has 1 amide bonds. The summed E-state index contributed by atoms with van der Waals surface area (Å²) >= 11 is 0. The zero-order chi connectivity index (χ0) is 18.6. The van der Waals surface area contributed by atoms with E-state index in [2.05, 4.69) is 28.9 Å². The number of carbonyl (C=O) groups excluding carboxylic acids is 1. The standard InChI is InChI=1S/C22H31N3O2/c1-2-18-19-9-4-5-10-20(19)23-21(18)22(26)25-13-8-14-27-17(16-25)15-24-11-6-3-7-12-24/h4-5,9-10,17,23H,2-3,6-8,11-16H2,1H3/t17-/m1/s1. The number of rotatable bonds is 4. The molecule has 0 spiro atoms. The van der Waals surface area contributed by atoms with E-state index in [4.69, 9.17) is 4.74 Å². The SMILES string of the molecule is CCc1c(C(=O)N2CCCO[C@H](CN3CCCCC3)C2)[nH]c2ccccc12. The van der Waals surface area contributed by atoms with Crippen LogP contribution >= 0.6 is 0 Å². The maximum atomic E-state index is 13.4. The molecule has 0 aliphatic carbocycles. The van der Waals surface area contributed by atoms with Crippen molar-refractivity contribution < 1.29 is 9.53 Å². The number of carbonyl (C=O) groups is 1. The van der Waals surface area contributed by atoms with Crippen molar-refractivity contribution in [3.05, 3.63) is 35.5 Å². The number of hydrogen-bond acceptors (Lipinski definition) is 3. The number of fused-ring (bicyclic) bond motifs is 1. The second-order valence-electron chi connectivity index (χ2n) is 7.84. The van der Waals surface area contributed by atoms with Gasteiger partial charge in [0.1, 0.15) is 5.69 Å². The molecule has 1 atom stereocenters. The van der Waals surface area contributed by atoms with E-state index >= 15 is 0 Å². The predicted molar refractivity (Wildman–Crippen MR) is 108 cm³/mol. The van der Waals surface area contributed by atoms with Crippen molar-refractivity contribution in [1.82, 2.24) is 14.8 Å². The number of aryl methyl sites for hydroxylation is 1. The number of amides is 1. The molecule has 5 nitrogen and oxygen atoms in total. The first-order chi connectivity index (χ1) is 13.3. The Kier molecular flexibility index (Phi) is 5.79. The third-order valence-electron chi connectivity index (χ3n) is 5.93. The molecule has 2 saturated heterocycles. The third-order valence-corrected chi connectivity index (χ3v) is 5.93. The molecule has 2 aliphatic heterocycles. The number of hydrogen-bond donors (Lipinski definition) is 1. The first kappa shape index (κ1) is 18.5. The fourth-order valence-electron chi connectivity index (χ4n) is 4.53. The van der Waals surface area contributed by atoms with E-state index in [-0.39, 0.29) is 12.0 Å². The molecule has 1 aromatic carbocycles. The molecule has 2 aliphatic rings. The minimum atomic E-state index is 0.115. The molecule has 0 radical (unpaired) electrons. The molecule has 0 bridgehead atoms. The van der Waals surface area contributed by atoms with E-state index in [9.17, 15) is 4.79 Å². The van der Waals surface area contributed by atoms with Crippen molar-refractivity contribution in [2.45, 2.75) is 45.1 Å². The van der Waals surface area contributed by atoms with Crippen LogP contribution in [0.4, 0.5) is 0 Å². The highest BCUT2D eigenvalue weighted by molar-refractivity contribution is 6.01. The molecule has 27 heavy (non-hydrogen) atoms. The number of likely N-dealkylation sites (tertiary alicyclic amines) is 1. The molecule has 1 N–H and O–H groups in total. The number of ether oxygens (including phenoxy) is 1. The van der Waals surface area contributed by atoms with Crippen molar-refractivity contribution in [1.29, 1.82) is 0 Å². The zero-order valence-electron chi connectivity index (χ0n) is 16.4. The van der Waals surface area contributed by atoms with E-state index in [1.807, 2.05) is 17.0 Å². The monoisotopic (exact) mass is 369 g/mol. The first-order valence-corrected chi connectivity index (χ1v) is 10.5. The molecule has 1 aromatic heterocycles. The van der Waals surface area contributed by atoms with E-state index < -0.39 is 0 Å². The van der Waals surface area contributed by atoms with Gasteiger partial charge in [0.25, 0.3) is 5.91 Å². The highest BCUT2D eigenvalue weighted by Crippen LogP contribution is 2.25. The molecule has 0 unspecified atom stereocenters. The normalized spacial score (nSPS) is 22.1. The van der Waals surface area contributed by atoms with Gasteiger partial charge in [-0.1, -0.05) is 31.5 Å². The second kappa shape index (κ2) is 8.44. The summed E-state index contributed by atoms with van der Waals surface area (Å²) < 4.78 is 6.09. The van der Waals surface area contributed by atoms with E-state index in [0.29, 0.717) is 6.54 Å². The maximum Gasteiger partial charge on any atom is 0.270 e. The van der Waals surface area contributed by atoms with E-state index in [0.717, 1.165) is 62.4 Å². The van der Waals surface area contributed by atoms with Crippen molar-refractivity contribution in [3.8, 4) is 0 Å². The average molecular weight is 370 g/mol. The number of aromatic amines is 1. The van der Waals surface area contributed by atoms with Crippen molar-refractivity contribution in [2.75, 3.05) is 39.3 Å². The van der Waals surface area contributed by atoms with Gasteiger partial charge in [-0.15, -0.1) is 0 Å². The Morgan fingerprint density at radius 1 is 1.15 bits per heavy atom. The van der Waals surface area contributed by atoms with E-state index in [1.165, 1.54) is 24.6 Å². The Hall–Kier alpha value is -1.85. The van der Waals surface area contributed by atoms with Gasteiger partial charge in [-0.05, 0) is 50.4 Å². The number of para-hydroxylation sites is 1. The number of piperidine rings is 1. The summed E-state index contributed by atoms with van der Waals surface area (Å²) in [5.41, 5.74) is 2.94. The van der Waals surface area contributed by atoms with Crippen LogP contribution in [-0.2, 0) is 11.2 Å². The van der Waals surface area contributed by atoms with Crippen molar-refractivity contribution in [2.24, 2.45) is 0 Å². The Labute approximate surface area is 161 Å². The minimum Gasteiger partial charge on any atom is -0.375 e. The Bertz CT molecular complexity index is 779. The second-order valence-corrected chi connectivity index (χ2v) is 7.84.